The number of nitro benzene ring substituents is 1. The van der Waals surface area contributed by atoms with Crippen LogP contribution in [0.15, 0.2) is 59.6 Å². The monoisotopic (exact) mass is 512 g/mol. The van der Waals surface area contributed by atoms with E-state index in [2.05, 4.69) is 27.8 Å². The molecule has 0 aromatic heterocycles. The third-order valence-electron chi connectivity index (χ3n) is 4.14. The summed E-state index contributed by atoms with van der Waals surface area (Å²) in [6.07, 6.45) is 0.912. The SMILES string of the molecule is CCNC(=NCc1cccc([N+](=O)[O-])c1)NCCCOC(C)c1ccccc1.I. The van der Waals surface area contributed by atoms with Gasteiger partial charge in [-0.1, -0.05) is 42.5 Å². The van der Waals surface area contributed by atoms with Crippen LogP contribution in [0.1, 0.15) is 37.5 Å². The van der Waals surface area contributed by atoms with Gasteiger partial charge >= 0.3 is 0 Å². The summed E-state index contributed by atoms with van der Waals surface area (Å²) in [7, 11) is 0. The summed E-state index contributed by atoms with van der Waals surface area (Å²) >= 11 is 0. The smallest absolute Gasteiger partial charge is 0.269 e. The van der Waals surface area contributed by atoms with Gasteiger partial charge < -0.3 is 15.4 Å². The summed E-state index contributed by atoms with van der Waals surface area (Å²) in [4.78, 5) is 15.0. The van der Waals surface area contributed by atoms with E-state index in [0.717, 1.165) is 25.1 Å². The number of hydrogen-bond acceptors (Lipinski definition) is 4. The minimum atomic E-state index is -0.396. The molecule has 2 aromatic rings. The molecule has 0 saturated carbocycles. The second-order valence-electron chi connectivity index (χ2n) is 6.33. The first-order valence-electron chi connectivity index (χ1n) is 9.52. The Kier molecular flexibility index (Phi) is 11.9. The predicted molar refractivity (Wildman–Crippen MR) is 127 cm³/mol. The van der Waals surface area contributed by atoms with Crippen LogP contribution < -0.4 is 10.6 Å². The molecule has 0 aliphatic carbocycles. The molecule has 0 amide bonds. The van der Waals surface area contributed by atoms with Gasteiger partial charge in [0.05, 0.1) is 17.6 Å². The Morgan fingerprint density at radius 2 is 1.93 bits per heavy atom. The normalized spacial score (nSPS) is 12.0. The Morgan fingerprint density at radius 3 is 2.62 bits per heavy atom. The molecule has 7 nitrogen and oxygen atoms in total. The third-order valence-corrected chi connectivity index (χ3v) is 4.14. The van der Waals surface area contributed by atoms with Crippen LogP contribution in [-0.4, -0.2) is 30.6 Å². The zero-order valence-corrected chi connectivity index (χ0v) is 19.2. The Hall–Kier alpha value is -2.20. The number of halogens is 1. The summed E-state index contributed by atoms with van der Waals surface area (Å²) in [6.45, 7) is 6.53. The van der Waals surface area contributed by atoms with E-state index in [1.807, 2.05) is 38.1 Å². The zero-order chi connectivity index (χ0) is 20.2. The molecule has 0 spiro atoms. The molecule has 8 heteroatoms. The van der Waals surface area contributed by atoms with Crippen LogP contribution in [0.5, 0.6) is 0 Å². The predicted octanol–water partition coefficient (Wildman–Crippen LogP) is 4.44. The van der Waals surface area contributed by atoms with Crippen LogP contribution in [0.4, 0.5) is 5.69 Å². The van der Waals surface area contributed by atoms with Crippen molar-refractivity contribution in [2.24, 2.45) is 4.99 Å². The van der Waals surface area contributed by atoms with Gasteiger partial charge in [-0.3, -0.25) is 10.1 Å². The fourth-order valence-electron chi connectivity index (χ4n) is 2.64. The fourth-order valence-corrected chi connectivity index (χ4v) is 2.64. The molecule has 2 aromatic carbocycles. The van der Waals surface area contributed by atoms with Gasteiger partial charge in [0.2, 0.25) is 0 Å². The minimum Gasteiger partial charge on any atom is -0.374 e. The van der Waals surface area contributed by atoms with Crippen molar-refractivity contribution in [3.63, 3.8) is 0 Å². The molecule has 0 heterocycles. The molecule has 0 bridgehead atoms. The number of nitro groups is 1. The number of ether oxygens (including phenoxy) is 1. The maximum Gasteiger partial charge on any atom is 0.269 e. The highest BCUT2D eigenvalue weighted by atomic mass is 127. The molecule has 0 aliphatic rings. The van der Waals surface area contributed by atoms with Gasteiger partial charge in [0.1, 0.15) is 0 Å². The van der Waals surface area contributed by atoms with Gasteiger partial charge in [-0.2, -0.15) is 0 Å². The number of benzene rings is 2. The first-order valence-corrected chi connectivity index (χ1v) is 9.52. The van der Waals surface area contributed by atoms with Gasteiger partial charge in [-0.25, -0.2) is 4.99 Å². The lowest BCUT2D eigenvalue weighted by atomic mass is 10.1. The molecule has 0 radical (unpaired) electrons. The molecule has 0 aliphatic heterocycles. The summed E-state index contributed by atoms with van der Waals surface area (Å²) in [5.74, 6) is 0.685. The van der Waals surface area contributed by atoms with Crippen LogP contribution in [0.25, 0.3) is 0 Å². The number of hydrogen-bond donors (Lipinski definition) is 2. The van der Waals surface area contributed by atoms with Gasteiger partial charge in [0, 0.05) is 31.8 Å². The molecule has 0 saturated heterocycles. The molecule has 1 unspecified atom stereocenters. The first kappa shape index (κ1) is 24.8. The minimum absolute atomic E-state index is 0. The van der Waals surface area contributed by atoms with E-state index < -0.39 is 4.92 Å². The Labute approximate surface area is 189 Å². The van der Waals surface area contributed by atoms with Crippen molar-refractivity contribution in [3.05, 3.63) is 75.8 Å². The van der Waals surface area contributed by atoms with Crippen molar-refractivity contribution < 1.29 is 9.66 Å². The second-order valence-corrected chi connectivity index (χ2v) is 6.33. The summed E-state index contributed by atoms with van der Waals surface area (Å²) in [5, 5.41) is 17.3. The lowest BCUT2D eigenvalue weighted by Crippen LogP contribution is -2.38. The highest BCUT2D eigenvalue weighted by Gasteiger charge is 2.06. The van der Waals surface area contributed by atoms with Crippen molar-refractivity contribution in [2.45, 2.75) is 32.9 Å². The lowest BCUT2D eigenvalue weighted by molar-refractivity contribution is -0.384. The van der Waals surface area contributed by atoms with Crippen molar-refractivity contribution in [2.75, 3.05) is 19.7 Å². The van der Waals surface area contributed by atoms with Crippen LogP contribution in [0.3, 0.4) is 0 Å². The highest BCUT2D eigenvalue weighted by Crippen LogP contribution is 2.16. The molecule has 29 heavy (non-hydrogen) atoms. The van der Waals surface area contributed by atoms with E-state index >= 15 is 0 Å². The first-order chi connectivity index (χ1) is 13.6. The number of nitrogens with one attached hydrogen (secondary N) is 2. The van der Waals surface area contributed by atoms with Crippen LogP contribution in [0.2, 0.25) is 0 Å². The zero-order valence-electron chi connectivity index (χ0n) is 16.8. The Morgan fingerprint density at radius 1 is 1.17 bits per heavy atom. The molecule has 2 N–H and O–H groups in total. The van der Waals surface area contributed by atoms with Crippen LogP contribution in [-0.2, 0) is 11.3 Å². The maximum atomic E-state index is 10.9. The highest BCUT2D eigenvalue weighted by molar-refractivity contribution is 14.0. The number of guanidine groups is 1. The van der Waals surface area contributed by atoms with E-state index in [9.17, 15) is 10.1 Å². The summed E-state index contributed by atoms with van der Waals surface area (Å²) in [5.41, 5.74) is 2.05. The number of non-ortho nitro benzene ring substituents is 1. The largest absolute Gasteiger partial charge is 0.374 e. The number of nitrogens with zero attached hydrogens (tertiary/aromatic N) is 2. The number of rotatable bonds is 10. The topological polar surface area (TPSA) is 88.8 Å². The van der Waals surface area contributed by atoms with Gasteiger partial charge in [0.15, 0.2) is 5.96 Å². The van der Waals surface area contributed by atoms with E-state index in [1.165, 1.54) is 11.6 Å². The van der Waals surface area contributed by atoms with Crippen molar-refractivity contribution in [1.82, 2.24) is 10.6 Å². The summed E-state index contributed by atoms with van der Waals surface area (Å²) < 4.78 is 5.87. The molecular weight excluding hydrogens is 483 g/mol. The molecular formula is C21H29IN4O3. The van der Waals surface area contributed by atoms with E-state index in [4.69, 9.17) is 4.74 Å². The quantitative estimate of drug-likeness (QED) is 0.123. The van der Waals surface area contributed by atoms with Gasteiger partial charge in [-0.05, 0) is 31.4 Å². The number of aliphatic imine (C=N–C) groups is 1. The van der Waals surface area contributed by atoms with Crippen LogP contribution >= 0.6 is 24.0 Å². The maximum absolute atomic E-state index is 10.9. The van der Waals surface area contributed by atoms with E-state index in [1.54, 1.807) is 12.1 Å². The average Bonchev–Trinajstić information content (AvgIpc) is 2.72. The molecule has 2 rings (SSSR count). The van der Waals surface area contributed by atoms with Gasteiger partial charge in [0.25, 0.3) is 5.69 Å². The van der Waals surface area contributed by atoms with Gasteiger partial charge in [-0.15, -0.1) is 24.0 Å². The molecule has 0 fully saturated rings. The van der Waals surface area contributed by atoms with E-state index in [-0.39, 0.29) is 35.8 Å². The van der Waals surface area contributed by atoms with Crippen molar-refractivity contribution in [3.8, 4) is 0 Å². The Bertz CT molecular complexity index is 772. The van der Waals surface area contributed by atoms with E-state index in [0.29, 0.717) is 19.1 Å². The van der Waals surface area contributed by atoms with Crippen molar-refractivity contribution in [1.29, 1.82) is 0 Å². The average molecular weight is 512 g/mol. The molecule has 158 valence electrons. The van der Waals surface area contributed by atoms with Crippen molar-refractivity contribution >= 4 is 35.6 Å². The second kappa shape index (κ2) is 13.9. The molecule has 1 atom stereocenters. The Balaban J connectivity index is 0.00000420. The fraction of sp³-hybridized carbons (Fsp3) is 0.381. The van der Waals surface area contributed by atoms with Crippen LogP contribution in [0, 0.1) is 10.1 Å². The standard InChI is InChI=1S/C21H28N4O3.HI/c1-3-22-21(24-16-18-9-7-12-20(15-18)25(26)27)23-13-8-14-28-17(2)19-10-5-4-6-11-19;/h4-7,9-12,15,17H,3,8,13-14,16H2,1-2H3,(H2,22,23,24);1H. The summed E-state index contributed by atoms with van der Waals surface area (Å²) in [6, 6.07) is 16.7. The third kappa shape index (κ3) is 9.23. The lowest BCUT2D eigenvalue weighted by Gasteiger charge is -2.14.